The van der Waals surface area contributed by atoms with E-state index in [2.05, 4.69) is 42.5 Å². The van der Waals surface area contributed by atoms with Gasteiger partial charge in [0, 0.05) is 12.7 Å². The molecule has 0 saturated carbocycles. The van der Waals surface area contributed by atoms with E-state index in [1.165, 1.54) is 22.8 Å². The van der Waals surface area contributed by atoms with Crippen LogP contribution in [-0.4, -0.2) is 44.6 Å². The van der Waals surface area contributed by atoms with Crippen LogP contribution in [0.25, 0.3) is 10.8 Å². The fourth-order valence-electron chi connectivity index (χ4n) is 2.87. The van der Waals surface area contributed by atoms with E-state index in [0.717, 1.165) is 12.2 Å². The third-order valence-corrected chi connectivity index (χ3v) is 6.19. The highest BCUT2D eigenvalue weighted by Gasteiger charge is 2.44. The maximum atomic E-state index is 10.7. The Balaban J connectivity index is 0.000000300. The quantitative estimate of drug-likeness (QED) is 0.419. The van der Waals surface area contributed by atoms with Crippen molar-refractivity contribution in [1.29, 1.82) is 0 Å². The third kappa shape index (κ3) is 5.60. The number of methoxy groups -OCH3 is 1. The van der Waals surface area contributed by atoms with Crippen molar-refractivity contribution < 1.29 is 35.6 Å². The lowest BCUT2D eigenvalue weighted by atomic mass is 9.97. The first-order chi connectivity index (χ1) is 13.1. The number of hydrogen-bond donors (Lipinski definition) is 1. The second-order valence-electron chi connectivity index (χ2n) is 5.99. The molecule has 1 saturated heterocycles. The minimum absolute atomic E-state index is 0.195. The molecule has 1 fully saturated rings. The maximum absolute atomic E-state index is 10.7. The van der Waals surface area contributed by atoms with Crippen LogP contribution in [0.5, 0.6) is 0 Å². The molecule has 1 N–H and O–H groups in total. The molecule has 156 valence electrons. The molecule has 0 amide bonds. The molecule has 2 aromatic rings. The van der Waals surface area contributed by atoms with E-state index < -0.39 is 15.6 Å². The third-order valence-electron chi connectivity index (χ3n) is 4.10. The van der Waals surface area contributed by atoms with Gasteiger partial charge in [0.2, 0.25) is 0 Å². The molecular weight excluding hydrogens is 417 g/mol. The van der Waals surface area contributed by atoms with Crippen molar-refractivity contribution in [1.82, 2.24) is 0 Å². The van der Waals surface area contributed by atoms with E-state index in [-0.39, 0.29) is 4.93 Å². The van der Waals surface area contributed by atoms with Crippen molar-refractivity contribution >= 4 is 32.7 Å². The first kappa shape index (κ1) is 23.0. The molecule has 5 nitrogen and oxygen atoms in total. The van der Waals surface area contributed by atoms with Crippen LogP contribution < -0.4 is 0 Å². The number of alkyl halides is 3. The van der Waals surface area contributed by atoms with Crippen LogP contribution in [0.1, 0.15) is 18.4 Å². The number of ether oxygens (including phenoxy) is 2. The Morgan fingerprint density at radius 3 is 2.36 bits per heavy atom. The normalized spacial score (nSPS) is 20.0. The van der Waals surface area contributed by atoms with Crippen LogP contribution in [0, 0.1) is 0 Å². The highest BCUT2D eigenvalue weighted by molar-refractivity contribution is 8.00. The summed E-state index contributed by atoms with van der Waals surface area (Å²) < 4.78 is 68.9. The molecule has 28 heavy (non-hydrogen) atoms. The zero-order chi connectivity index (χ0) is 20.8. The predicted molar refractivity (Wildman–Crippen MR) is 103 cm³/mol. The van der Waals surface area contributed by atoms with Crippen LogP contribution in [-0.2, 0) is 24.5 Å². The Bertz CT molecular complexity index is 873. The van der Waals surface area contributed by atoms with Gasteiger partial charge in [-0.05, 0) is 29.4 Å². The molecule has 0 radical (unpaired) electrons. The number of halogens is 3. The molecule has 1 unspecified atom stereocenters. The van der Waals surface area contributed by atoms with Crippen molar-refractivity contribution in [2.45, 2.75) is 23.3 Å². The molecule has 1 heterocycles. The number of hydrogen-bond acceptors (Lipinski definition) is 5. The first-order valence-electron chi connectivity index (χ1n) is 8.39. The highest BCUT2D eigenvalue weighted by atomic mass is 32.2. The van der Waals surface area contributed by atoms with Crippen molar-refractivity contribution in [2.24, 2.45) is 0 Å². The molecule has 1 atom stereocenters. The summed E-state index contributed by atoms with van der Waals surface area (Å²) in [6.45, 7) is 1.29. The average molecular weight is 438 g/mol. The van der Waals surface area contributed by atoms with Gasteiger partial charge in [0.1, 0.15) is 4.93 Å². The lowest BCUT2D eigenvalue weighted by molar-refractivity contribution is -0.0510. The molecule has 0 spiro atoms. The van der Waals surface area contributed by atoms with Gasteiger partial charge < -0.3 is 9.47 Å². The second kappa shape index (κ2) is 9.45. The number of thioether (sulfide) groups is 1. The monoisotopic (exact) mass is 438 g/mol. The van der Waals surface area contributed by atoms with Crippen LogP contribution in [0.15, 0.2) is 42.5 Å². The van der Waals surface area contributed by atoms with Crippen molar-refractivity contribution in [3.63, 3.8) is 0 Å². The minimum Gasteiger partial charge on any atom is -0.382 e. The summed E-state index contributed by atoms with van der Waals surface area (Å²) in [4.78, 5) is -0.195. The van der Waals surface area contributed by atoms with Gasteiger partial charge in [0.15, 0.2) is 0 Å². The predicted octanol–water partition coefficient (Wildman–Crippen LogP) is 4.58. The second-order valence-corrected chi connectivity index (χ2v) is 8.76. The number of fused-ring (bicyclic) bond motifs is 1. The summed E-state index contributed by atoms with van der Waals surface area (Å²) in [6.07, 6.45) is 2.29. The fourth-order valence-corrected chi connectivity index (χ4v) is 4.27. The molecule has 10 heteroatoms. The van der Waals surface area contributed by atoms with Crippen LogP contribution in [0.4, 0.5) is 13.2 Å². The van der Waals surface area contributed by atoms with Crippen molar-refractivity contribution in [3.8, 4) is 0 Å². The Morgan fingerprint density at radius 1 is 1.14 bits per heavy atom. The molecule has 1 aliphatic rings. The van der Waals surface area contributed by atoms with Crippen LogP contribution in [0.2, 0.25) is 0 Å². The Hall–Kier alpha value is -1.33. The topological polar surface area (TPSA) is 72.8 Å². The summed E-state index contributed by atoms with van der Waals surface area (Å²) >= 11 is 1.93. The summed E-state index contributed by atoms with van der Waals surface area (Å²) in [5, 5.41) is 2.59. The summed E-state index contributed by atoms with van der Waals surface area (Å²) in [5.74, 6) is 1.16. The van der Waals surface area contributed by atoms with Gasteiger partial charge in [0.05, 0.1) is 13.2 Å². The summed E-state index contributed by atoms with van der Waals surface area (Å²) in [7, 11) is -4.12. The van der Waals surface area contributed by atoms with E-state index in [1.807, 2.05) is 11.8 Å². The van der Waals surface area contributed by atoms with E-state index in [0.29, 0.717) is 13.2 Å². The number of rotatable bonds is 5. The van der Waals surface area contributed by atoms with E-state index in [9.17, 15) is 13.2 Å². The molecule has 1 aliphatic heterocycles. The van der Waals surface area contributed by atoms with Gasteiger partial charge in [-0.15, -0.1) is 11.8 Å². The highest BCUT2D eigenvalue weighted by Crippen LogP contribution is 2.49. The lowest BCUT2D eigenvalue weighted by Gasteiger charge is -2.30. The van der Waals surface area contributed by atoms with Gasteiger partial charge in [0.25, 0.3) is 0 Å². The maximum Gasteiger partial charge on any atom is 0.522 e. The van der Waals surface area contributed by atoms with Crippen LogP contribution >= 0.6 is 11.8 Å². The average Bonchev–Trinajstić information content (AvgIpc) is 3.10. The Kier molecular flexibility index (Phi) is 7.74. The zero-order valence-electron chi connectivity index (χ0n) is 15.1. The Labute approximate surface area is 166 Å². The zero-order valence-corrected chi connectivity index (χ0v) is 16.7. The van der Waals surface area contributed by atoms with E-state index in [1.54, 1.807) is 7.11 Å². The number of benzene rings is 2. The van der Waals surface area contributed by atoms with E-state index in [4.69, 9.17) is 22.4 Å². The molecule has 3 rings (SSSR count). The molecule has 0 aliphatic carbocycles. The first-order valence-corrected chi connectivity index (χ1v) is 10.8. The SMILES string of the molecule is COCCOC1(c2cccc3ccccc23)CCCS1.O=S(=O)(O)C(F)(F)F. The van der Waals surface area contributed by atoms with Crippen LogP contribution in [0.3, 0.4) is 0 Å². The largest absolute Gasteiger partial charge is 0.522 e. The van der Waals surface area contributed by atoms with Crippen molar-refractivity contribution in [2.75, 3.05) is 26.1 Å². The molecule has 0 bridgehead atoms. The van der Waals surface area contributed by atoms with Gasteiger partial charge in [-0.3, -0.25) is 4.55 Å². The van der Waals surface area contributed by atoms with Gasteiger partial charge in [-0.1, -0.05) is 42.5 Å². The van der Waals surface area contributed by atoms with E-state index >= 15 is 0 Å². The molecule has 0 aromatic heterocycles. The standard InChI is InChI=1S/C17H20O2S.CHF3O3S/c1-18-11-12-19-17(10-5-13-20-17)16-9-4-7-14-6-2-3-8-15(14)16;2-1(3,4)8(5,6)7/h2-4,6-9H,5,10-13H2,1H3;(H,5,6,7). The minimum atomic E-state index is -5.84. The summed E-state index contributed by atoms with van der Waals surface area (Å²) in [6, 6.07) is 15.1. The lowest BCUT2D eigenvalue weighted by Crippen LogP contribution is -2.25. The molecule has 2 aromatic carbocycles. The van der Waals surface area contributed by atoms with Gasteiger partial charge in [-0.25, -0.2) is 0 Å². The van der Waals surface area contributed by atoms with Gasteiger partial charge >= 0.3 is 15.6 Å². The smallest absolute Gasteiger partial charge is 0.382 e. The molecular formula is C18H21F3O5S2. The van der Waals surface area contributed by atoms with Crippen molar-refractivity contribution in [3.05, 3.63) is 48.0 Å². The summed E-state index contributed by atoms with van der Waals surface area (Å²) in [5.41, 5.74) is -4.22. The van der Waals surface area contributed by atoms with Gasteiger partial charge in [-0.2, -0.15) is 21.6 Å². The Morgan fingerprint density at radius 2 is 1.79 bits per heavy atom. The fraction of sp³-hybridized carbons (Fsp3) is 0.444.